The third-order valence-electron chi connectivity index (χ3n) is 2.88. The largest absolute Gasteiger partial charge is 0.506 e. The van der Waals surface area contributed by atoms with Crippen molar-refractivity contribution in [2.75, 3.05) is 0 Å². The molecule has 2 N–H and O–H groups in total. The molecule has 2 aromatic carbocycles. The van der Waals surface area contributed by atoms with Gasteiger partial charge in [-0.2, -0.15) is 0 Å². The molecular weight excluding hydrogens is 362 g/mol. The zero-order valence-corrected chi connectivity index (χ0v) is 12.6. The van der Waals surface area contributed by atoms with Crippen LogP contribution in [0, 0.1) is 0 Å². The number of phenolic OH excluding ortho intramolecular Hbond substituents is 1. The molecule has 0 radical (unpaired) electrons. The SMILES string of the molecule is O=C(O)c1c(Cl)cc2nn(-c3ccccc3O)nc2c1Br. The summed E-state index contributed by atoms with van der Waals surface area (Å²) < 4.78 is 0.249. The Morgan fingerprint density at radius 1 is 1.29 bits per heavy atom. The minimum absolute atomic E-state index is 0.0125. The Kier molecular flexibility index (Phi) is 3.30. The van der Waals surface area contributed by atoms with Gasteiger partial charge in [0.1, 0.15) is 22.5 Å². The molecule has 6 nitrogen and oxygen atoms in total. The molecule has 0 aliphatic rings. The van der Waals surface area contributed by atoms with E-state index in [2.05, 4.69) is 26.1 Å². The summed E-state index contributed by atoms with van der Waals surface area (Å²) in [6, 6.07) is 7.98. The van der Waals surface area contributed by atoms with E-state index in [-0.39, 0.29) is 20.8 Å². The van der Waals surface area contributed by atoms with E-state index in [1.54, 1.807) is 18.2 Å². The topological polar surface area (TPSA) is 88.2 Å². The zero-order chi connectivity index (χ0) is 15.1. The van der Waals surface area contributed by atoms with Gasteiger partial charge in [0.05, 0.1) is 15.1 Å². The number of hydrogen-bond donors (Lipinski definition) is 2. The number of carbonyl (C=O) groups is 1. The number of fused-ring (bicyclic) bond motifs is 1. The fraction of sp³-hybridized carbons (Fsp3) is 0. The summed E-state index contributed by atoms with van der Waals surface area (Å²) in [7, 11) is 0. The average molecular weight is 369 g/mol. The van der Waals surface area contributed by atoms with E-state index in [0.29, 0.717) is 16.7 Å². The van der Waals surface area contributed by atoms with Gasteiger partial charge in [0.15, 0.2) is 0 Å². The number of halogens is 2. The third-order valence-corrected chi connectivity index (χ3v) is 3.95. The van der Waals surface area contributed by atoms with Gasteiger partial charge in [-0.1, -0.05) is 23.7 Å². The molecule has 1 heterocycles. The molecule has 0 spiro atoms. The summed E-state index contributed by atoms with van der Waals surface area (Å²) in [5.41, 5.74) is 1.07. The first-order chi connectivity index (χ1) is 9.99. The van der Waals surface area contributed by atoms with Crippen molar-refractivity contribution in [1.82, 2.24) is 15.0 Å². The van der Waals surface area contributed by atoms with Crippen molar-refractivity contribution < 1.29 is 15.0 Å². The number of carboxylic acids is 1. The number of aromatic carboxylic acids is 1. The molecule has 0 aliphatic carbocycles. The lowest BCUT2D eigenvalue weighted by Gasteiger charge is -2.01. The molecule has 3 aromatic rings. The number of carboxylic acid groups (broad SMARTS) is 1. The molecule has 0 saturated carbocycles. The van der Waals surface area contributed by atoms with Gasteiger partial charge in [-0.3, -0.25) is 0 Å². The molecule has 0 saturated heterocycles. The number of aromatic hydroxyl groups is 1. The Balaban J connectivity index is 2.29. The van der Waals surface area contributed by atoms with Crippen LogP contribution in [0.1, 0.15) is 10.4 Å². The van der Waals surface area contributed by atoms with Crippen molar-refractivity contribution in [1.29, 1.82) is 0 Å². The van der Waals surface area contributed by atoms with Crippen LogP contribution in [-0.4, -0.2) is 31.2 Å². The highest BCUT2D eigenvalue weighted by atomic mass is 79.9. The van der Waals surface area contributed by atoms with Crippen LogP contribution in [0.3, 0.4) is 0 Å². The Morgan fingerprint density at radius 3 is 2.67 bits per heavy atom. The molecule has 21 heavy (non-hydrogen) atoms. The maximum atomic E-state index is 11.2. The summed E-state index contributed by atoms with van der Waals surface area (Å²) in [6.45, 7) is 0. The number of nitrogens with zero attached hydrogens (tertiary/aromatic N) is 3. The molecule has 0 aliphatic heterocycles. The lowest BCUT2D eigenvalue weighted by atomic mass is 10.2. The second-order valence-electron chi connectivity index (χ2n) is 4.20. The van der Waals surface area contributed by atoms with E-state index in [4.69, 9.17) is 16.7 Å². The maximum absolute atomic E-state index is 11.2. The highest BCUT2D eigenvalue weighted by molar-refractivity contribution is 9.10. The number of para-hydroxylation sites is 2. The predicted octanol–water partition coefficient (Wildman–Crippen LogP) is 3.24. The van der Waals surface area contributed by atoms with E-state index in [1.165, 1.54) is 16.9 Å². The molecule has 8 heteroatoms. The predicted molar refractivity (Wildman–Crippen MR) is 80.2 cm³/mol. The summed E-state index contributed by atoms with van der Waals surface area (Å²) in [4.78, 5) is 12.4. The van der Waals surface area contributed by atoms with Crippen LogP contribution in [0.4, 0.5) is 0 Å². The first-order valence-electron chi connectivity index (χ1n) is 5.75. The van der Waals surface area contributed by atoms with E-state index >= 15 is 0 Å². The number of phenols is 1. The summed E-state index contributed by atoms with van der Waals surface area (Å²) >= 11 is 9.15. The van der Waals surface area contributed by atoms with Gasteiger partial charge in [-0.15, -0.1) is 15.0 Å². The van der Waals surface area contributed by atoms with Gasteiger partial charge in [0, 0.05) is 0 Å². The van der Waals surface area contributed by atoms with E-state index in [9.17, 15) is 9.90 Å². The quantitative estimate of drug-likeness (QED) is 0.725. The Bertz CT molecular complexity index is 878. The van der Waals surface area contributed by atoms with Crippen molar-refractivity contribution in [3.63, 3.8) is 0 Å². The average Bonchev–Trinajstić information content (AvgIpc) is 2.82. The summed E-state index contributed by atoms with van der Waals surface area (Å²) in [5.74, 6) is -1.15. The monoisotopic (exact) mass is 367 g/mol. The summed E-state index contributed by atoms with van der Waals surface area (Å²) in [5, 5.41) is 27.5. The van der Waals surface area contributed by atoms with Crippen LogP contribution in [0.15, 0.2) is 34.8 Å². The molecule has 0 atom stereocenters. The van der Waals surface area contributed by atoms with Gasteiger partial charge >= 0.3 is 5.97 Å². The molecule has 0 fully saturated rings. The van der Waals surface area contributed by atoms with Crippen LogP contribution >= 0.6 is 27.5 Å². The lowest BCUT2D eigenvalue weighted by Crippen LogP contribution is -2.00. The molecule has 1 aromatic heterocycles. The van der Waals surface area contributed by atoms with Crippen LogP contribution in [0.2, 0.25) is 5.02 Å². The van der Waals surface area contributed by atoms with Crippen LogP contribution in [-0.2, 0) is 0 Å². The number of aromatic nitrogens is 3. The lowest BCUT2D eigenvalue weighted by molar-refractivity contribution is 0.0696. The van der Waals surface area contributed by atoms with Crippen molar-refractivity contribution in [3.8, 4) is 11.4 Å². The van der Waals surface area contributed by atoms with E-state index < -0.39 is 5.97 Å². The Labute approximate surface area is 131 Å². The fourth-order valence-electron chi connectivity index (χ4n) is 1.92. The van der Waals surface area contributed by atoms with Gasteiger partial charge < -0.3 is 10.2 Å². The fourth-order valence-corrected chi connectivity index (χ4v) is 2.98. The Hall–Kier alpha value is -2.12. The van der Waals surface area contributed by atoms with E-state index in [0.717, 1.165) is 0 Å². The van der Waals surface area contributed by atoms with Gasteiger partial charge in [0.25, 0.3) is 0 Å². The first-order valence-corrected chi connectivity index (χ1v) is 6.93. The van der Waals surface area contributed by atoms with Gasteiger partial charge in [-0.25, -0.2) is 4.79 Å². The van der Waals surface area contributed by atoms with Crippen molar-refractivity contribution in [2.24, 2.45) is 0 Å². The molecule has 0 amide bonds. The maximum Gasteiger partial charge on any atom is 0.338 e. The van der Waals surface area contributed by atoms with Crippen molar-refractivity contribution in [3.05, 3.63) is 45.4 Å². The third kappa shape index (κ3) is 2.24. The second kappa shape index (κ2) is 5.01. The number of benzene rings is 2. The van der Waals surface area contributed by atoms with Crippen molar-refractivity contribution in [2.45, 2.75) is 0 Å². The second-order valence-corrected chi connectivity index (χ2v) is 5.40. The minimum Gasteiger partial charge on any atom is -0.506 e. The van der Waals surface area contributed by atoms with Crippen LogP contribution < -0.4 is 0 Å². The van der Waals surface area contributed by atoms with Crippen LogP contribution in [0.5, 0.6) is 5.75 Å². The summed E-state index contributed by atoms with van der Waals surface area (Å²) in [6.07, 6.45) is 0. The van der Waals surface area contributed by atoms with Gasteiger partial charge in [0.2, 0.25) is 0 Å². The smallest absolute Gasteiger partial charge is 0.338 e. The van der Waals surface area contributed by atoms with E-state index in [1.807, 2.05) is 0 Å². The molecule has 0 bridgehead atoms. The molecule has 0 unspecified atom stereocenters. The molecular formula is C13H7BrClN3O3. The highest BCUT2D eigenvalue weighted by Gasteiger charge is 2.20. The number of hydrogen-bond acceptors (Lipinski definition) is 4. The van der Waals surface area contributed by atoms with Crippen molar-refractivity contribution >= 4 is 44.5 Å². The normalized spacial score (nSPS) is 11.0. The van der Waals surface area contributed by atoms with Crippen LogP contribution in [0.25, 0.3) is 16.7 Å². The Morgan fingerprint density at radius 2 is 2.00 bits per heavy atom. The van der Waals surface area contributed by atoms with Gasteiger partial charge in [-0.05, 0) is 34.1 Å². The molecule has 3 rings (SSSR count). The molecule has 106 valence electrons. The standard InChI is InChI=1S/C13H7BrClN3O3/c14-11-10(13(20)21)6(15)5-7-12(11)17-18(16-7)8-3-1-2-4-9(8)19/h1-5,19H,(H,20,21). The minimum atomic E-state index is -1.16. The first kappa shape index (κ1) is 13.8. The highest BCUT2D eigenvalue weighted by Crippen LogP contribution is 2.32. The number of rotatable bonds is 2. The zero-order valence-electron chi connectivity index (χ0n) is 10.3.